The minimum absolute atomic E-state index is 0.0318. The van der Waals surface area contributed by atoms with Gasteiger partial charge < -0.3 is 4.74 Å². The molecule has 2 aliphatic carbocycles. The Morgan fingerprint density at radius 2 is 2.06 bits per heavy atom. The molecule has 1 saturated carbocycles. The van der Waals surface area contributed by atoms with Gasteiger partial charge in [0.2, 0.25) is 0 Å². The Balaban J connectivity index is 2.11. The molecule has 3 nitrogen and oxygen atoms in total. The number of hydrogen-bond donors (Lipinski definition) is 0. The van der Waals surface area contributed by atoms with Crippen LogP contribution in [0.4, 0.5) is 0 Å². The lowest BCUT2D eigenvalue weighted by Gasteiger charge is -2.45. The van der Waals surface area contributed by atoms with E-state index >= 15 is 0 Å². The number of hydrogen-bond acceptors (Lipinski definition) is 3. The zero-order valence-electron chi connectivity index (χ0n) is 10.9. The predicted octanol–water partition coefficient (Wildman–Crippen LogP) is 2.56. The molecule has 0 spiro atoms. The molecule has 3 rings (SSSR count). The van der Waals surface area contributed by atoms with Gasteiger partial charge in [0.1, 0.15) is 6.10 Å². The van der Waals surface area contributed by atoms with Crippen molar-refractivity contribution in [3.63, 3.8) is 0 Å². The van der Waals surface area contributed by atoms with Gasteiger partial charge >= 0.3 is 5.97 Å². The molecule has 3 aliphatic rings. The number of rotatable bonds is 0. The van der Waals surface area contributed by atoms with Crippen LogP contribution in [-0.2, 0) is 14.3 Å². The van der Waals surface area contributed by atoms with Crippen LogP contribution in [0, 0.1) is 11.3 Å². The lowest BCUT2D eigenvalue weighted by molar-refractivity contribution is -0.139. The average molecular weight is 246 g/mol. The van der Waals surface area contributed by atoms with E-state index in [9.17, 15) is 9.59 Å². The summed E-state index contributed by atoms with van der Waals surface area (Å²) < 4.78 is 5.48. The Labute approximate surface area is 107 Å². The van der Waals surface area contributed by atoms with E-state index in [0.29, 0.717) is 12.0 Å². The van der Waals surface area contributed by atoms with Crippen molar-refractivity contribution in [2.75, 3.05) is 0 Å². The molecule has 3 atom stereocenters. The van der Waals surface area contributed by atoms with Crippen molar-refractivity contribution in [1.29, 1.82) is 0 Å². The Bertz CT molecular complexity index is 500. The van der Waals surface area contributed by atoms with Crippen molar-refractivity contribution in [2.24, 2.45) is 11.3 Å². The fourth-order valence-corrected chi connectivity index (χ4v) is 3.80. The summed E-state index contributed by atoms with van der Waals surface area (Å²) in [4.78, 5) is 23.6. The van der Waals surface area contributed by atoms with Crippen LogP contribution < -0.4 is 0 Å². The molecule has 0 aromatic heterocycles. The van der Waals surface area contributed by atoms with Crippen LogP contribution in [-0.4, -0.2) is 17.9 Å². The summed E-state index contributed by atoms with van der Waals surface area (Å²) in [6.07, 6.45) is 3.23. The van der Waals surface area contributed by atoms with Crippen LogP contribution >= 0.6 is 0 Å². The van der Waals surface area contributed by atoms with Gasteiger partial charge in [-0.2, -0.15) is 0 Å². The molecule has 0 unspecified atom stereocenters. The van der Waals surface area contributed by atoms with Gasteiger partial charge in [0.25, 0.3) is 0 Å². The van der Waals surface area contributed by atoms with Gasteiger partial charge in [-0.05, 0) is 42.7 Å². The zero-order chi connectivity index (χ0) is 13.1. The van der Waals surface area contributed by atoms with E-state index in [-0.39, 0.29) is 29.2 Å². The molecule has 3 heteroatoms. The molecule has 0 N–H and O–H groups in total. The van der Waals surface area contributed by atoms with Crippen molar-refractivity contribution in [1.82, 2.24) is 0 Å². The van der Waals surface area contributed by atoms with Gasteiger partial charge in [-0.25, -0.2) is 4.79 Å². The minimum atomic E-state index is -0.285. The number of ketones is 1. The fraction of sp³-hybridized carbons (Fsp3) is 0.600. The number of Topliss-reactive ketones (excluding diaryl/α,β-unsaturated/α-hetero) is 1. The number of ether oxygens (including phenoxy) is 1. The van der Waals surface area contributed by atoms with Crippen LogP contribution in [0.25, 0.3) is 0 Å². The number of carbonyl (C=O) groups is 2. The Kier molecular flexibility index (Phi) is 2.31. The second kappa shape index (κ2) is 3.56. The van der Waals surface area contributed by atoms with Crippen molar-refractivity contribution in [2.45, 2.75) is 45.6 Å². The standard InChI is InChI=1S/C15H18O3/c1-8-10-4-6-15(3)7-5-11(16)9(2)12(15)13(10)18-14(8)17/h10,13H,1,4-7H2,2-3H3/t10-,13-,15-/m0/s1. The summed E-state index contributed by atoms with van der Waals surface area (Å²) in [5, 5.41) is 0. The van der Waals surface area contributed by atoms with E-state index in [4.69, 9.17) is 4.74 Å². The summed E-state index contributed by atoms with van der Waals surface area (Å²) in [6, 6.07) is 0. The van der Waals surface area contributed by atoms with Gasteiger partial charge in [0.15, 0.2) is 5.78 Å². The van der Waals surface area contributed by atoms with E-state index in [0.717, 1.165) is 30.4 Å². The first-order chi connectivity index (χ1) is 8.44. The number of esters is 1. The maximum Gasteiger partial charge on any atom is 0.334 e. The molecule has 1 saturated heterocycles. The van der Waals surface area contributed by atoms with Gasteiger partial charge in [-0.15, -0.1) is 0 Å². The molecule has 2 fully saturated rings. The molecular formula is C15H18O3. The van der Waals surface area contributed by atoms with Crippen molar-refractivity contribution >= 4 is 11.8 Å². The molecule has 0 aromatic rings. The van der Waals surface area contributed by atoms with E-state index in [2.05, 4.69) is 13.5 Å². The smallest absolute Gasteiger partial charge is 0.334 e. The van der Waals surface area contributed by atoms with E-state index in [1.54, 1.807) is 0 Å². The number of fused-ring (bicyclic) bond motifs is 3. The number of allylic oxidation sites excluding steroid dienone is 1. The highest BCUT2D eigenvalue weighted by atomic mass is 16.6. The van der Waals surface area contributed by atoms with Gasteiger partial charge in [0, 0.05) is 17.9 Å². The fourth-order valence-electron chi connectivity index (χ4n) is 3.80. The normalized spacial score (nSPS) is 39.6. The first kappa shape index (κ1) is 11.7. The molecule has 96 valence electrons. The molecule has 18 heavy (non-hydrogen) atoms. The highest BCUT2D eigenvalue weighted by Crippen LogP contribution is 2.54. The monoisotopic (exact) mass is 246 g/mol. The van der Waals surface area contributed by atoms with Gasteiger partial charge in [0.05, 0.1) is 0 Å². The van der Waals surface area contributed by atoms with Crippen molar-refractivity contribution in [3.8, 4) is 0 Å². The van der Waals surface area contributed by atoms with E-state index in [1.165, 1.54) is 0 Å². The topological polar surface area (TPSA) is 43.4 Å². The summed E-state index contributed by atoms with van der Waals surface area (Å²) in [6.45, 7) is 7.92. The number of carbonyl (C=O) groups excluding carboxylic acids is 2. The first-order valence-corrected chi connectivity index (χ1v) is 6.58. The average Bonchev–Trinajstić information content (AvgIpc) is 2.60. The molecule has 1 heterocycles. The quantitative estimate of drug-likeness (QED) is 0.487. The van der Waals surface area contributed by atoms with Gasteiger partial charge in [-0.3, -0.25) is 4.79 Å². The molecule has 0 amide bonds. The molecule has 0 radical (unpaired) electrons. The second-order valence-corrected chi connectivity index (χ2v) is 6.02. The minimum Gasteiger partial charge on any atom is -0.454 e. The Morgan fingerprint density at radius 1 is 1.33 bits per heavy atom. The molecular weight excluding hydrogens is 228 g/mol. The third kappa shape index (κ3) is 1.36. The highest BCUT2D eigenvalue weighted by molar-refractivity contribution is 5.98. The molecule has 0 bridgehead atoms. The van der Waals surface area contributed by atoms with Crippen molar-refractivity contribution in [3.05, 3.63) is 23.3 Å². The first-order valence-electron chi connectivity index (χ1n) is 6.58. The summed E-state index contributed by atoms with van der Waals surface area (Å²) in [5.74, 6) is 0.00526. The largest absolute Gasteiger partial charge is 0.454 e. The van der Waals surface area contributed by atoms with Crippen LogP contribution in [0.15, 0.2) is 23.3 Å². The molecule has 0 aromatic carbocycles. The third-order valence-corrected chi connectivity index (χ3v) is 4.98. The summed E-state index contributed by atoms with van der Waals surface area (Å²) in [5.41, 5.74) is 2.51. The third-order valence-electron chi connectivity index (χ3n) is 4.98. The van der Waals surface area contributed by atoms with Crippen LogP contribution in [0.5, 0.6) is 0 Å². The van der Waals surface area contributed by atoms with Crippen LogP contribution in [0.3, 0.4) is 0 Å². The maximum absolute atomic E-state index is 11.9. The van der Waals surface area contributed by atoms with Gasteiger partial charge in [-0.1, -0.05) is 13.5 Å². The van der Waals surface area contributed by atoms with E-state index in [1.807, 2.05) is 6.92 Å². The van der Waals surface area contributed by atoms with Crippen LogP contribution in [0.1, 0.15) is 39.5 Å². The lowest BCUT2D eigenvalue weighted by Crippen LogP contribution is -2.41. The second-order valence-electron chi connectivity index (χ2n) is 6.02. The Hall–Kier alpha value is -1.38. The SMILES string of the molecule is C=C1C(=O)O[C@@H]2C3=C(C)C(=O)CC[C@]3(C)CC[C@@H]12. The van der Waals surface area contributed by atoms with Crippen LogP contribution in [0.2, 0.25) is 0 Å². The maximum atomic E-state index is 11.9. The van der Waals surface area contributed by atoms with Crippen molar-refractivity contribution < 1.29 is 14.3 Å². The van der Waals surface area contributed by atoms with E-state index < -0.39 is 0 Å². The highest BCUT2D eigenvalue weighted by Gasteiger charge is 2.52. The zero-order valence-corrected chi connectivity index (χ0v) is 10.9. The summed E-state index contributed by atoms with van der Waals surface area (Å²) >= 11 is 0. The predicted molar refractivity (Wildman–Crippen MR) is 66.8 cm³/mol. The Morgan fingerprint density at radius 3 is 2.78 bits per heavy atom. The molecule has 1 aliphatic heterocycles. The summed E-state index contributed by atoms with van der Waals surface area (Å²) in [7, 11) is 0. The lowest BCUT2D eigenvalue weighted by atomic mass is 9.60.